The Kier molecular flexibility index (Phi) is 8.31. The second-order valence-corrected chi connectivity index (χ2v) is 2.45. The average molecular weight is 184 g/mol. The number of esters is 1. The maximum absolute atomic E-state index is 10.8. The van der Waals surface area contributed by atoms with E-state index < -0.39 is 0 Å². The van der Waals surface area contributed by atoms with Crippen LogP contribution in [0.15, 0.2) is 17.9 Å². The Labute approximate surface area is 78.7 Å². The molecule has 0 rings (SSSR count). The van der Waals surface area contributed by atoms with E-state index in [4.69, 9.17) is 9.84 Å². The number of rotatable bonds is 6. The molecule has 3 heteroatoms. The summed E-state index contributed by atoms with van der Waals surface area (Å²) < 4.78 is 4.71. The summed E-state index contributed by atoms with van der Waals surface area (Å²) in [4.78, 5) is 10.8. The highest BCUT2D eigenvalue weighted by Gasteiger charge is 1.94. The van der Waals surface area contributed by atoms with Crippen LogP contribution in [0.4, 0.5) is 0 Å². The van der Waals surface area contributed by atoms with E-state index in [1.165, 1.54) is 0 Å². The fraction of sp³-hybridized carbons (Fsp3) is 0.600. The SMILES string of the molecule is CCOC(=O)CC=C=CCCCO. The molecule has 0 aromatic carbocycles. The normalized spacial score (nSPS) is 8.77. The second kappa shape index (κ2) is 9.04. The van der Waals surface area contributed by atoms with Crippen molar-refractivity contribution in [2.45, 2.75) is 26.2 Å². The smallest absolute Gasteiger partial charge is 0.310 e. The van der Waals surface area contributed by atoms with Crippen LogP contribution in [0, 0.1) is 0 Å². The number of aliphatic hydroxyl groups excluding tert-OH is 1. The van der Waals surface area contributed by atoms with Crippen molar-refractivity contribution >= 4 is 5.97 Å². The second-order valence-electron chi connectivity index (χ2n) is 2.45. The van der Waals surface area contributed by atoms with Crippen molar-refractivity contribution in [2.75, 3.05) is 13.2 Å². The summed E-state index contributed by atoms with van der Waals surface area (Å²) in [5.41, 5.74) is 2.85. The molecule has 0 aliphatic rings. The summed E-state index contributed by atoms with van der Waals surface area (Å²) in [5.74, 6) is -0.231. The van der Waals surface area contributed by atoms with Crippen LogP contribution in [0.3, 0.4) is 0 Å². The lowest BCUT2D eigenvalue weighted by Crippen LogP contribution is -2.00. The van der Waals surface area contributed by atoms with Gasteiger partial charge in [-0.2, -0.15) is 0 Å². The fourth-order valence-electron chi connectivity index (χ4n) is 0.722. The van der Waals surface area contributed by atoms with Crippen LogP contribution in [-0.4, -0.2) is 24.3 Å². The maximum Gasteiger partial charge on any atom is 0.310 e. The van der Waals surface area contributed by atoms with Crippen LogP contribution >= 0.6 is 0 Å². The maximum atomic E-state index is 10.8. The Bertz CT molecular complexity index is 190. The van der Waals surface area contributed by atoms with Crippen molar-refractivity contribution in [3.05, 3.63) is 17.9 Å². The monoisotopic (exact) mass is 184 g/mol. The lowest BCUT2D eigenvalue weighted by molar-refractivity contribution is -0.142. The number of carbonyl (C=O) groups is 1. The molecule has 0 heterocycles. The van der Waals surface area contributed by atoms with Gasteiger partial charge in [0.1, 0.15) is 0 Å². The summed E-state index contributed by atoms with van der Waals surface area (Å²) in [6, 6.07) is 0. The quantitative estimate of drug-likeness (QED) is 0.386. The molecule has 0 fully saturated rings. The molecule has 1 N–H and O–H groups in total. The van der Waals surface area contributed by atoms with Crippen molar-refractivity contribution in [3.8, 4) is 0 Å². The van der Waals surface area contributed by atoms with Crippen LogP contribution < -0.4 is 0 Å². The van der Waals surface area contributed by atoms with Crippen molar-refractivity contribution in [1.29, 1.82) is 0 Å². The minimum Gasteiger partial charge on any atom is -0.466 e. The molecule has 0 aliphatic heterocycles. The third-order valence-corrected chi connectivity index (χ3v) is 1.32. The number of hydrogen-bond acceptors (Lipinski definition) is 3. The first-order valence-corrected chi connectivity index (χ1v) is 4.47. The third kappa shape index (κ3) is 8.86. The molecule has 3 nitrogen and oxygen atoms in total. The van der Waals surface area contributed by atoms with Crippen molar-refractivity contribution in [2.24, 2.45) is 0 Å². The van der Waals surface area contributed by atoms with Gasteiger partial charge in [0.25, 0.3) is 0 Å². The van der Waals surface area contributed by atoms with Gasteiger partial charge in [-0.1, -0.05) is 0 Å². The number of ether oxygens (including phenoxy) is 1. The van der Waals surface area contributed by atoms with Crippen LogP contribution in [-0.2, 0) is 9.53 Å². The molecule has 0 aromatic rings. The summed E-state index contributed by atoms with van der Waals surface area (Å²) in [5, 5.41) is 8.45. The van der Waals surface area contributed by atoms with Crippen molar-refractivity contribution in [1.82, 2.24) is 0 Å². The lowest BCUT2D eigenvalue weighted by Gasteiger charge is -1.94. The van der Waals surface area contributed by atoms with E-state index in [1.807, 2.05) is 0 Å². The van der Waals surface area contributed by atoms with Crippen LogP contribution in [0.5, 0.6) is 0 Å². The van der Waals surface area contributed by atoms with E-state index in [9.17, 15) is 4.79 Å². The molecule has 0 atom stereocenters. The highest BCUT2D eigenvalue weighted by atomic mass is 16.5. The first-order chi connectivity index (χ1) is 6.31. The van der Waals surface area contributed by atoms with Crippen LogP contribution in [0.2, 0.25) is 0 Å². The number of hydrogen-bond donors (Lipinski definition) is 1. The molecular weight excluding hydrogens is 168 g/mol. The topological polar surface area (TPSA) is 46.5 Å². The van der Waals surface area contributed by atoms with E-state index >= 15 is 0 Å². The van der Waals surface area contributed by atoms with Gasteiger partial charge < -0.3 is 9.84 Å². The lowest BCUT2D eigenvalue weighted by atomic mass is 10.3. The predicted molar refractivity (Wildman–Crippen MR) is 50.2 cm³/mol. The Morgan fingerprint density at radius 1 is 1.54 bits per heavy atom. The largest absolute Gasteiger partial charge is 0.466 e. The van der Waals surface area contributed by atoms with Crippen molar-refractivity contribution in [3.63, 3.8) is 0 Å². The number of unbranched alkanes of at least 4 members (excludes halogenated alkanes) is 1. The van der Waals surface area contributed by atoms with Crippen molar-refractivity contribution < 1.29 is 14.6 Å². The van der Waals surface area contributed by atoms with Gasteiger partial charge in [-0.15, -0.1) is 5.73 Å². The molecule has 0 saturated carbocycles. The first kappa shape index (κ1) is 11.9. The minimum absolute atomic E-state index is 0.191. The Balaban J connectivity index is 3.49. The van der Waals surface area contributed by atoms with Crippen LogP contribution in [0.1, 0.15) is 26.2 Å². The van der Waals surface area contributed by atoms with Gasteiger partial charge in [-0.05, 0) is 31.9 Å². The summed E-state index contributed by atoms with van der Waals surface area (Å²) in [7, 11) is 0. The molecule has 74 valence electrons. The first-order valence-electron chi connectivity index (χ1n) is 4.47. The van der Waals surface area contributed by atoms with Gasteiger partial charge in [0.05, 0.1) is 13.0 Å². The van der Waals surface area contributed by atoms with Gasteiger partial charge in [0.15, 0.2) is 0 Å². The van der Waals surface area contributed by atoms with E-state index in [-0.39, 0.29) is 19.0 Å². The highest BCUT2D eigenvalue weighted by Crippen LogP contribution is 1.90. The van der Waals surface area contributed by atoms with Gasteiger partial charge in [0, 0.05) is 6.61 Å². The molecule has 0 bridgehead atoms. The molecule has 0 spiro atoms. The van der Waals surface area contributed by atoms with Crippen LogP contribution in [0.25, 0.3) is 0 Å². The molecule has 0 aliphatic carbocycles. The van der Waals surface area contributed by atoms with Gasteiger partial charge in [-0.25, -0.2) is 0 Å². The molecule has 0 saturated heterocycles. The minimum atomic E-state index is -0.231. The Morgan fingerprint density at radius 2 is 2.31 bits per heavy atom. The summed E-state index contributed by atoms with van der Waals surface area (Å²) in [6.45, 7) is 2.38. The average Bonchev–Trinajstić information content (AvgIpc) is 2.11. The summed E-state index contributed by atoms with van der Waals surface area (Å²) >= 11 is 0. The van der Waals surface area contributed by atoms with Gasteiger partial charge in [0.2, 0.25) is 0 Å². The zero-order chi connectivity index (χ0) is 9.94. The molecule has 0 amide bonds. The van der Waals surface area contributed by atoms with E-state index in [0.29, 0.717) is 6.61 Å². The van der Waals surface area contributed by atoms with E-state index in [2.05, 4.69) is 5.73 Å². The predicted octanol–water partition coefficient (Wildman–Crippen LogP) is 1.42. The molecule has 0 unspecified atom stereocenters. The summed E-state index contributed by atoms with van der Waals surface area (Å²) in [6.07, 6.45) is 5.23. The zero-order valence-corrected chi connectivity index (χ0v) is 7.95. The fourth-order valence-corrected chi connectivity index (χ4v) is 0.722. The Morgan fingerprint density at radius 3 is 2.92 bits per heavy atom. The molecule has 13 heavy (non-hydrogen) atoms. The molecule has 0 aromatic heterocycles. The van der Waals surface area contributed by atoms with E-state index in [0.717, 1.165) is 12.8 Å². The van der Waals surface area contributed by atoms with Gasteiger partial charge in [-0.3, -0.25) is 4.79 Å². The van der Waals surface area contributed by atoms with Gasteiger partial charge >= 0.3 is 5.97 Å². The Hall–Kier alpha value is -1.05. The zero-order valence-electron chi connectivity index (χ0n) is 7.95. The van der Waals surface area contributed by atoms with E-state index in [1.54, 1.807) is 19.1 Å². The molecular formula is C10H16O3. The highest BCUT2D eigenvalue weighted by molar-refractivity contribution is 5.70. The number of carbonyl (C=O) groups excluding carboxylic acids is 1. The third-order valence-electron chi connectivity index (χ3n) is 1.32. The molecule has 0 radical (unpaired) electrons. The standard InChI is InChI=1S/C10H16O3/c1-2-13-10(12)8-6-4-3-5-7-9-11/h3,6,11H,2,5,7-9H2,1H3. The number of aliphatic hydroxyl groups is 1.